The third kappa shape index (κ3) is 5.33. The molecule has 6 heteroatoms. The van der Waals surface area contributed by atoms with Crippen molar-refractivity contribution in [2.75, 3.05) is 13.2 Å². The van der Waals surface area contributed by atoms with Crippen molar-refractivity contribution in [2.24, 2.45) is 22.7 Å². The van der Waals surface area contributed by atoms with Gasteiger partial charge < -0.3 is 20.1 Å². The monoisotopic (exact) mass is 422 g/mol. The van der Waals surface area contributed by atoms with Crippen molar-refractivity contribution in [3.05, 3.63) is 23.3 Å². The molecule has 0 bridgehead atoms. The predicted molar refractivity (Wildman–Crippen MR) is 115 cm³/mol. The van der Waals surface area contributed by atoms with Gasteiger partial charge in [-0.3, -0.25) is 9.59 Å². The lowest BCUT2D eigenvalue weighted by molar-refractivity contribution is -0.165. The van der Waals surface area contributed by atoms with E-state index in [1.807, 2.05) is 13.0 Å². The highest BCUT2D eigenvalue weighted by atomic mass is 16.5. The quantitative estimate of drug-likeness (QED) is 0.385. The van der Waals surface area contributed by atoms with Gasteiger partial charge in [0.25, 0.3) is 0 Å². The zero-order valence-corrected chi connectivity index (χ0v) is 18.8. The standard InChI is InChI=1S/C24H38O6/c1-16(11-13-25)10-12-23(3)18(15-30-22(29)9-8-21(27)28)19(26)14-24(4)17(2)6-5-7-20(23)24/h6,11,18-20,25-26H,5,7-10,12-15H2,1-4H3,(H,27,28). The van der Waals surface area contributed by atoms with Crippen molar-refractivity contribution in [1.29, 1.82) is 0 Å². The largest absolute Gasteiger partial charge is 0.481 e. The number of hydrogen-bond acceptors (Lipinski definition) is 5. The molecule has 2 aliphatic rings. The van der Waals surface area contributed by atoms with E-state index in [-0.39, 0.29) is 42.8 Å². The molecule has 0 spiro atoms. The van der Waals surface area contributed by atoms with Crippen LogP contribution in [0.2, 0.25) is 0 Å². The maximum absolute atomic E-state index is 12.0. The van der Waals surface area contributed by atoms with Crippen molar-refractivity contribution in [3.63, 3.8) is 0 Å². The highest BCUT2D eigenvalue weighted by Gasteiger charge is 2.57. The first-order valence-corrected chi connectivity index (χ1v) is 11.0. The Bertz CT molecular complexity index is 696. The lowest BCUT2D eigenvalue weighted by Gasteiger charge is -2.60. The fourth-order valence-corrected chi connectivity index (χ4v) is 5.78. The number of hydrogen-bond donors (Lipinski definition) is 3. The number of carboxylic acids is 1. The Labute approximate surface area is 180 Å². The first-order chi connectivity index (χ1) is 14.0. The van der Waals surface area contributed by atoms with Crippen molar-refractivity contribution < 1.29 is 29.6 Å². The Kier molecular flexibility index (Phi) is 8.28. The summed E-state index contributed by atoms with van der Waals surface area (Å²) in [6.07, 6.45) is 7.40. The molecular weight excluding hydrogens is 384 g/mol. The predicted octanol–water partition coefficient (Wildman–Crippen LogP) is 3.86. The van der Waals surface area contributed by atoms with Crippen LogP contribution in [-0.2, 0) is 14.3 Å². The fourth-order valence-electron chi connectivity index (χ4n) is 5.78. The fraction of sp³-hybridized carbons (Fsp3) is 0.750. The summed E-state index contributed by atoms with van der Waals surface area (Å²) < 4.78 is 5.46. The molecule has 0 aromatic heterocycles. The van der Waals surface area contributed by atoms with E-state index in [2.05, 4.69) is 26.8 Å². The second kappa shape index (κ2) is 10.1. The lowest BCUT2D eigenvalue weighted by atomic mass is 9.46. The molecule has 2 aliphatic carbocycles. The number of aliphatic hydroxyl groups is 2. The van der Waals surface area contributed by atoms with Gasteiger partial charge in [-0.25, -0.2) is 0 Å². The number of aliphatic hydroxyl groups excluding tert-OH is 2. The number of ether oxygens (including phenoxy) is 1. The van der Waals surface area contributed by atoms with Crippen LogP contribution >= 0.6 is 0 Å². The number of carboxylic acid groups (broad SMARTS) is 1. The van der Waals surface area contributed by atoms with Crippen molar-refractivity contribution >= 4 is 11.9 Å². The van der Waals surface area contributed by atoms with Crippen LogP contribution < -0.4 is 0 Å². The summed E-state index contributed by atoms with van der Waals surface area (Å²) >= 11 is 0. The molecule has 2 rings (SSSR count). The number of esters is 1. The van der Waals surface area contributed by atoms with Crippen molar-refractivity contribution in [1.82, 2.24) is 0 Å². The summed E-state index contributed by atoms with van der Waals surface area (Å²) in [5, 5.41) is 29.1. The summed E-state index contributed by atoms with van der Waals surface area (Å²) in [5.41, 5.74) is 2.09. The molecule has 3 N–H and O–H groups in total. The van der Waals surface area contributed by atoms with Gasteiger partial charge in [0.2, 0.25) is 0 Å². The number of rotatable bonds is 9. The van der Waals surface area contributed by atoms with E-state index in [0.29, 0.717) is 12.3 Å². The summed E-state index contributed by atoms with van der Waals surface area (Å²) in [6.45, 7) is 8.73. The molecule has 6 nitrogen and oxygen atoms in total. The molecule has 0 saturated heterocycles. The van der Waals surface area contributed by atoms with Gasteiger partial charge in [-0.05, 0) is 62.7 Å². The number of fused-ring (bicyclic) bond motifs is 1. The highest BCUT2D eigenvalue weighted by molar-refractivity contribution is 5.76. The number of carbonyl (C=O) groups excluding carboxylic acids is 1. The average molecular weight is 423 g/mol. The zero-order chi connectivity index (χ0) is 22.5. The highest BCUT2D eigenvalue weighted by Crippen LogP contribution is 2.62. The summed E-state index contributed by atoms with van der Waals surface area (Å²) in [4.78, 5) is 22.8. The molecule has 170 valence electrons. The number of aliphatic carboxylic acids is 1. The minimum Gasteiger partial charge on any atom is -0.481 e. The van der Waals surface area contributed by atoms with Crippen LogP contribution in [0.25, 0.3) is 0 Å². The van der Waals surface area contributed by atoms with E-state index in [4.69, 9.17) is 9.84 Å². The summed E-state index contributed by atoms with van der Waals surface area (Å²) in [7, 11) is 0. The second-order valence-electron chi connectivity index (χ2n) is 9.63. The van der Waals surface area contributed by atoms with Gasteiger partial charge in [-0.2, -0.15) is 0 Å². The third-order valence-corrected chi connectivity index (χ3v) is 7.78. The Hall–Kier alpha value is -1.66. The zero-order valence-electron chi connectivity index (χ0n) is 18.8. The van der Waals surface area contributed by atoms with Gasteiger partial charge in [0.15, 0.2) is 0 Å². The van der Waals surface area contributed by atoms with E-state index in [0.717, 1.165) is 31.3 Å². The molecule has 0 amide bonds. The van der Waals surface area contributed by atoms with Crippen LogP contribution in [-0.4, -0.2) is 46.6 Å². The molecule has 0 aliphatic heterocycles. The first-order valence-electron chi connectivity index (χ1n) is 11.0. The van der Waals surface area contributed by atoms with Gasteiger partial charge in [0.1, 0.15) is 0 Å². The minimum atomic E-state index is -1.03. The molecule has 5 atom stereocenters. The Morgan fingerprint density at radius 3 is 2.60 bits per heavy atom. The molecule has 1 saturated carbocycles. The van der Waals surface area contributed by atoms with Crippen LogP contribution in [0.4, 0.5) is 0 Å². The minimum absolute atomic E-state index is 0.0127. The molecule has 0 aromatic carbocycles. The van der Waals surface area contributed by atoms with E-state index >= 15 is 0 Å². The van der Waals surface area contributed by atoms with Crippen molar-refractivity contribution in [3.8, 4) is 0 Å². The Morgan fingerprint density at radius 2 is 1.97 bits per heavy atom. The van der Waals surface area contributed by atoms with Crippen LogP contribution in [0, 0.1) is 22.7 Å². The topological polar surface area (TPSA) is 104 Å². The van der Waals surface area contributed by atoms with Crippen molar-refractivity contribution in [2.45, 2.75) is 78.7 Å². The molecule has 0 aromatic rings. The van der Waals surface area contributed by atoms with E-state index < -0.39 is 18.0 Å². The average Bonchev–Trinajstić information content (AvgIpc) is 2.66. The van der Waals surface area contributed by atoms with Crippen LogP contribution in [0.3, 0.4) is 0 Å². The van der Waals surface area contributed by atoms with Gasteiger partial charge in [-0.15, -0.1) is 0 Å². The van der Waals surface area contributed by atoms with Gasteiger partial charge in [-0.1, -0.05) is 37.1 Å². The van der Waals surface area contributed by atoms with Gasteiger partial charge in [0, 0.05) is 5.92 Å². The number of carbonyl (C=O) groups is 2. The van der Waals surface area contributed by atoms with E-state index in [9.17, 15) is 19.8 Å². The Balaban J connectivity index is 2.26. The van der Waals surface area contributed by atoms with Crippen LogP contribution in [0.15, 0.2) is 23.3 Å². The lowest BCUT2D eigenvalue weighted by Crippen LogP contribution is -2.57. The molecule has 1 fully saturated rings. The summed E-state index contributed by atoms with van der Waals surface area (Å²) in [6, 6.07) is 0. The molecule has 0 heterocycles. The third-order valence-electron chi connectivity index (χ3n) is 7.78. The SMILES string of the molecule is CC(=CCO)CCC1(C)C(COC(=O)CCC(=O)O)C(O)CC2(C)C(C)=CCCC21. The molecule has 30 heavy (non-hydrogen) atoms. The first kappa shape index (κ1) is 24.6. The van der Waals surface area contributed by atoms with Crippen LogP contribution in [0.5, 0.6) is 0 Å². The maximum atomic E-state index is 12.0. The van der Waals surface area contributed by atoms with Crippen LogP contribution in [0.1, 0.15) is 72.6 Å². The van der Waals surface area contributed by atoms with Gasteiger partial charge in [0.05, 0.1) is 32.2 Å². The smallest absolute Gasteiger partial charge is 0.306 e. The second-order valence-corrected chi connectivity index (χ2v) is 9.63. The Morgan fingerprint density at radius 1 is 1.27 bits per heavy atom. The number of allylic oxidation sites excluding steroid dienone is 3. The van der Waals surface area contributed by atoms with Gasteiger partial charge >= 0.3 is 11.9 Å². The van der Waals surface area contributed by atoms with E-state index in [1.165, 1.54) is 5.57 Å². The molecular formula is C24H38O6. The molecule has 0 radical (unpaired) electrons. The van der Waals surface area contributed by atoms with E-state index in [1.54, 1.807) is 0 Å². The normalized spacial score (nSPS) is 34.1. The summed E-state index contributed by atoms with van der Waals surface area (Å²) in [5.74, 6) is -1.42. The maximum Gasteiger partial charge on any atom is 0.306 e. The molecule has 5 unspecified atom stereocenters.